The fourth-order valence-corrected chi connectivity index (χ4v) is 2.72. The molecule has 1 fully saturated rings. The maximum absolute atomic E-state index is 12.4. The molecular weight excluding hydrogens is 292 g/mol. The van der Waals surface area contributed by atoms with Gasteiger partial charge in [0.25, 0.3) is 5.91 Å². The highest BCUT2D eigenvalue weighted by molar-refractivity contribution is 6.04. The quantitative estimate of drug-likeness (QED) is 0.809. The molecule has 0 saturated carbocycles. The Hall–Kier alpha value is -2.17. The van der Waals surface area contributed by atoms with Crippen LogP contribution in [0.2, 0.25) is 0 Å². The van der Waals surface area contributed by atoms with Gasteiger partial charge in [-0.25, -0.2) is 0 Å². The van der Waals surface area contributed by atoms with E-state index >= 15 is 0 Å². The smallest absolute Gasteiger partial charge is 0.254 e. The van der Waals surface area contributed by atoms with Gasteiger partial charge in [-0.1, -0.05) is 45.9 Å². The number of benzene rings is 1. The van der Waals surface area contributed by atoms with E-state index in [2.05, 4.69) is 5.32 Å². The molecule has 23 heavy (non-hydrogen) atoms. The van der Waals surface area contributed by atoms with Crippen molar-refractivity contribution in [1.82, 2.24) is 10.2 Å². The summed E-state index contributed by atoms with van der Waals surface area (Å²) in [4.78, 5) is 37.0. The normalized spacial score (nSPS) is 19.6. The van der Waals surface area contributed by atoms with E-state index in [-0.39, 0.29) is 19.1 Å². The van der Waals surface area contributed by atoms with Gasteiger partial charge < -0.3 is 4.90 Å². The van der Waals surface area contributed by atoms with E-state index in [1.54, 1.807) is 11.0 Å². The van der Waals surface area contributed by atoms with Crippen molar-refractivity contribution in [2.75, 3.05) is 6.54 Å². The third kappa shape index (κ3) is 4.18. The third-order valence-corrected chi connectivity index (χ3v) is 3.72. The lowest BCUT2D eigenvalue weighted by molar-refractivity contribution is -0.136. The van der Waals surface area contributed by atoms with Gasteiger partial charge in [0.2, 0.25) is 11.8 Å². The molecule has 0 aromatic heterocycles. The highest BCUT2D eigenvalue weighted by Gasteiger charge is 2.36. The zero-order valence-electron chi connectivity index (χ0n) is 14.4. The zero-order valence-corrected chi connectivity index (χ0v) is 14.4. The highest BCUT2D eigenvalue weighted by atomic mass is 16.2. The average molecular weight is 320 g/mol. The molecule has 128 valence electrons. The monoisotopic (exact) mass is 320 g/mol. The van der Waals surface area contributed by atoms with E-state index in [0.29, 0.717) is 24.9 Å². The van der Waals surface area contributed by atoms with Crippen molar-refractivity contribution in [3.8, 4) is 0 Å². The predicted molar refractivity (Wildman–Crippen MR) is 92.2 cm³/mol. The van der Waals surface area contributed by atoms with Gasteiger partial charge in [-0.05, 0) is 24.5 Å². The van der Waals surface area contributed by atoms with E-state index in [1.165, 1.54) is 0 Å². The number of imide groups is 1. The Morgan fingerprint density at radius 2 is 1.70 bits per heavy atom. The Kier molecular flexibility index (Phi) is 7.45. The largest absolute Gasteiger partial charge is 0.326 e. The van der Waals surface area contributed by atoms with Crippen molar-refractivity contribution in [3.63, 3.8) is 0 Å². The molecule has 0 aliphatic carbocycles. The number of amides is 3. The molecule has 2 aliphatic heterocycles. The summed E-state index contributed by atoms with van der Waals surface area (Å²) in [6, 6.07) is 6.95. The maximum atomic E-state index is 12.4. The van der Waals surface area contributed by atoms with Crippen molar-refractivity contribution in [2.45, 2.75) is 53.0 Å². The summed E-state index contributed by atoms with van der Waals surface area (Å²) >= 11 is 0. The topological polar surface area (TPSA) is 66.5 Å². The Bertz CT molecular complexity index is 575. The first kappa shape index (κ1) is 18.9. The zero-order chi connectivity index (χ0) is 17.4. The minimum absolute atomic E-state index is 0. The van der Waals surface area contributed by atoms with Gasteiger partial charge in [0, 0.05) is 20.0 Å². The molecule has 0 radical (unpaired) electrons. The molecule has 0 spiro atoms. The number of nitrogens with one attached hydrogen (secondary N) is 1. The van der Waals surface area contributed by atoms with Gasteiger partial charge in [0.1, 0.15) is 6.04 Å². The number of carbonyl (C=O) groups excluding carboxylic acids is 3. The van der Waals surface area contributed by atoms with Crippen LogP contribution in [0.5, 0.6) is 0 Å². The van der Waals surface area contributed by atoms with E-state index in [0.717, 1.165) is 12.0 Å². The fourth-order valence-electron chi connectivity index (χ4n) is 2.72. The molecule has 2 aliphatic rings. The molecule has 5 heteroatoms. The fraction of sp³-hybridized carbons (Fsp3) is 0.500. The maximum Gasteiger partial charge on any atom is 0.254 e. The van der Waals surface area contributed by atoms with Crippen molar-refractivity contribution < 1.29 is 15.8 Å². The summed E-state index contributed by atoms with van der Waals surface area (Å²) in [5.41, 5.74) is 1.69. The van der Waals surface area contributed by atoms with Crippen LogP contribution in [0.25, 0.3) is 0 Å². The third-order valence-electron chi connectivity index (χ3n) is 3.72. The molecule has 1 atom stereocenters. The lowest BCUT2D eigenvalue weighted by atomic mass is 9.95. The number of fused-ring (bicyclic) bond motifs is 1. The molecule has 5 nitrogen and oxygen atoms in total. The van der Waals surface area contributed by atoms with Crippen LogP contribution in [-0.2, 0) is 16.0 Å². The van der Waals surface area contributed by atoms with Gasteiger partial charge >= 0.3 is 0 Å². The summed E-state index contributed by atoms with van der Waals surface area (Å²) in [5.74, 6) is -0.730. The van der Waals surface area contributed by atoms with Crippen LogP contribution in [0.3, 0.4) is 0 Å². The molecule has 1 aromatic carbocycles. The average Bonchev–Trinajstić information content (AvgIpc) is 2.60. The van der Waals surface area contributed by atoms with Crippen LogP contribution in [-0.4, -0.2) is 35.2 Å². The van der Waals surface area contributed by atoms with Gasteiger partial charge in [-0.15, -0.1) is 0 Å². The number of nitrogens with zero attached hydrogens (tertiary/aromatic N) is 1. The molecule has 3 rings (SSSR count). The number of piperidine rings is 1. The van der Waals surface area contributed by atoms with Crippen LogP contribution >= 0.6 is 0 Å². The van der Waals surface area contributed by atoms with Gasteiger partial charge in [-0.3, -0.25) is 19.7 Å². The molecule has 3 amide bonds. The van der Waals surface area contributed by atoms with Crippen LogP contribution in [0.1, 0.15) is 57.9 Å². The van der Waals surface area contributed by atoms with Gasteiger partial charge in [0.05, 0.1) is 0 Å². The van der Waals surface area contributed by atoms with Gasteiger partial charge in [-0.2, -0.15) is 0 Å². The minimum atomic E-state index is -0.515. The number of carbonyl (C=O) groups is 3. The molecule has 1 unspecified atom stereocenters. The second-order valence-electron chi connectivity index (χ2n) is 4.87. The van der Waals surface area contributed by atoms with Crippen molar-refractivity contribution >= 4 is 17.7 Å². The first-order chi connectivity index (χ1) is 11.2. The predicted octanol–water partition coefficient (Wildman–Crippen LogP) is 2.79. The lowest BCUT2D eigenvalue weighted by Gasteiger charge is -2.36. The Morgan fingerprint density at radius 3 is 2.35 bits per heavy atom. The SMILES string of the molecule is CC.CC.O=C1CCC(N2CCc3ccccc3C2=O)C(=O)N1.[HH]. The molecule has 1 saturated heterocycles. The molecule has 2 heterocycles. The van der Waals surface area contributed by atoms with E-state index < -0.39 is 6.04 Å². The standard InChI is InChI=1S/C14H14N2O3.2C2H6.H2/c17-12-6-5-11(13(18)15-12)16-8-7-9-3-1-2-4-10(9)14(16)19;2*1-2;/h1-4,11H,5-8H2,(H,15,17,18);2*1-2H3;1H. The van der Waals surface area contributed by atoms with Crippen molar-refractivity contribution in [1.29, 1.82) is 0 Å². The lowest BCUT2D eigenvalue weighted by Crippen LogP contribution is -2.55. The summed E-state index contributed by atoms with van der Waals surface area (Å²) < 4.78 is 0. The molecule has 1 N–H and O–H groups in total. The van der Waals surface area contributed by atoms with Crippen LogP contribution in [0.15, 0.2) is 24.3 Å². The molecule has 1 aromatic rings. The number of hydrogen-bond acceptors (Lipinski definition) is 3. The summed E-state index contributed by atoms with van der Waals surface area (Å²) in [6.45, 7) is 8.53. The first-order valence-electron chi connectivity index (χ1n) is 8.39. The summed E-state index contributed by atoms with van der Waals surface area (Å²) in [5, 5.41) is 2.30. The first-order valence-corrected chi connectivity index (χ1v) is 8.39. The van der Waals surface area contributed by atoms with E-state index in [4.69, 9.17) is 0 Å². The minimum Gasteiger partial charge on any atom is -0.326 e. The Labute approximate surface area is 139 Å². The van der Waals surface area contributed by atoms with Crippen LogP contribution in [0, 0.1) is 0 Å². The Morgan fingerprint density at radius 1 is 1.04 bits per heavy atom. The number of hydrogen-bond donors (Lipinski definition) is 1. The van der Waals surface area contributed by atoms with Crippen LogP contribution < -0.4 is 5.32 Å². The summed E-state index contributed by atoms with van der Waals surface area (Å²) in [7, 11) is 0. The van der Waals surface area contributed by atoms with Crippen LogP contribution in [0.4, 0.5) is 0 Å². The van der Waals surface area contributed by atoms with E-state index in [9.17, 15) is 14.4 Å². The van der Waals surface area contributed by atoms with E-state index in [1.807, 2.05) is 45.9 Å². The second-order valence-corrected chi connectivity index (χ2v) is 4.87. The Balaban J connectivity index is 0.000000987. The van der Waals surface area contributed by atoms with Crippen molar-refractivity contribution in [3.05, 3.63) is 35.4 Å². The second kappa shape index (κ2) is 9.08. The molecule has 0 bridgehead atoms. The van der Waals surface area contributed by atoms with Crippen molar-refractivity contribution in [2.24, 2.45) is 0 Å². The summed E-state index contributed by atoms with van der Waals surface area (Å²) in [6.07, 6.45) is 1.46. The van der Waals surface area contributed by atoms with Gasteiger partial charge in [0.15, 0.2) is 0 Å². The molecular formula is C18H28N2O3. The highest BCUT2D eigenvalue weighted by Crippen LogP contribution is 2.23. The number of rotatable bonds is 1.